The molecule has 2 aromatic rings. The minimum atomic E-state index is -0.576. The Morgan fingerprint density at radius 3 is 2.52 bits per heavy atom. The van der Waals surface area contributed by atoms with Gasteiger partial charge in [-0.3, -0.25) is 14.9 Å². The van der Waals surface area contributed by atoms with Crippen molar-refractivity contribution < 1.29 is 19.2 Å². The number of ketones is 1. The number of benzene rings is 2. The summed E-state index contributed by atoms with van der Waals surface area (Å²) in [5, 5.41) is 11.0. The summed E-state index contributed by atoms with van der Waals surface area (Å²) in [5.41, 5.74) is 0.453. The van der Waals surface area contributed by atoms with Crippen molar-refractivity contribution in [1.29, 1.82) is 0 Å². The van der Waals surface area contributed by atoms with Crippen LogP contribution < -0.4 is 9.47 Å². The van der Waals surface area contributed by atoms with E-state index in [0.717, 1.165) is 0 Å². The van der Waals surface area contributed by atoms with E-state index in [2.05, 4.69) is 0 Å². The molecule has 0 aliphatic heterocycles. The normalized spacial score (nSPS) is 10.5. The molecule has 118 valence electrons. The van der Waals surface area contributed by atoms with E-state index in [1.807, 2.05) is 0 Å². The third kappa shape index (κ3) is 3.74. The van der Waals surface area contributed by atoms with Crippen LogP contribution in [0.2, 0.25) is 0 Å². The Morgan fingerprint density at radius 1 is 1.13 bits per heavy atom. The van der Waals surface area contributed by atoms with Crippen LogP contribution in [-0.2, 0) is 0 Å². The van der Waals surface area contributed by atoms with Gasteiger partial charge in [-0.1, -0.05) is 12.1 Å². The Hall–Kier alpha value is -3.15. The molecule has 0 amide bonds. The molecule has 0 N–H and O–H groups in total. The zero-order chi connectivity index (χ0) is 16.8. The molecular formula is C17H15NO5. The largest absolute Gasteiger partial charge is 0.497 e. The van der Waals surface area contributed by atoms with Gasteiger partial charge in [-0.2, -0.15) is 0 Å². The molecule has 0 fully saturated rings. The second-order valence-corrected chi connectivity index (χ2v) is 4.58. The van der Waals surface area contributed by atoms with Gasteiger partial charge in [0.25, 0.3) is 5.69 Å². The van der Waals surface area contributed by atoms with Crippen LogP contribution in [0, 0.1) is 10.1 Å². The van der Waals surface area contributed by atoms with Crippen molar-refractivity contribution in [1.82, 2.24) is 0 Å². The smallest absolute Gasteiger partial charge is 0.280 e. The summed E-state index contributed by atoms with van der Waals surface area (Å²) in [6, 6.07) is 11.0. The molecule has 23 heavy (non-hydrogen) atoms. The maximum Gasteiger partial charge on any atom is 0.280 e. The number of hydrogen-bond acceptors (Lipinski definition) is 5. The molecule has 0 aliphatic rings. The zero-order valence-electron chi connectivity index (χ0n) is 12.7. The predicted octanol–water partition coefficient (Wildman–Crippen LogP) is 3.51. The minimum absolute atomic E-state index is 0.0376. The number of nitro benzene ring substituents is 1. The minimum Gasteiger partial charge on any atom is -0.497 e. The van der Waals surface area contributed by atoms with Gasteiger partial charge in [0.2, 0.25) is 0 Å². The highest BCUT2D eigenvalue weighted by Gasteiger charge is 2.17. The van der Waals surface area contributed by atoms with E-state index in [0.29, 0.717) is 17.1 Å². The average Bonchev–Trinajstić information content (AvgIpc) is 2.59. The first kappa shape index (κ1) is 16.2. The summed E-state index contributed by atoms with van der Waals surface area (Å²) in [7, 11) is 3.05. The lowest BCUT2D eigenvalue weighted by Gasteiger charge is -2.07. The standard InChI is InChI=1S/C17H15NO5/c1-22-13-8-10-17(23-2)12(11-13)7-9-16(19)14-5-3-4-6-15(14)18(20)21/h3-11H,1-2H3/b9-7+. The van der Waals surface area contributed by atoms with Gasteiger partial charge in [-0.25, -0.2) is 0 Å². The van der Waals surface area contributed by atoms with Gasteiger partial charge >= 0.3 is 0 Å². The van der Waals surface area contributed by atoms with Crippen LogP contribution in [0.15, 0.2) is 48.5 Å². The summed E-state index contributed by atoms with van der Waals surface area (Å²) >= 11 is 0. The van der Waals surface area contributed by atoms with Crippen molar-refractivity contribution in [2.45, 2.75) is 0 Å². The van der Waals surface area contributed by atoms with Crippen molar-refractivity contribution in [2.24, 2.45) is 0 Å². The number of rotatable bonds is 6. The lowest BCUT2D eigenvalue weighted by molar-refractivity contribution is -0.385. The monoisotopic (exact) mass is 313 g/mol. The molecule has 0 saturated heterocycles. The van der Waals surface area contributed by atoms with Gasteiger partial charge in [-0.15, -0.1) is 0 Å². The number of allylic oxidation sites excluding steroid dienone is 1. The zero-order valence-corrected chi connectivity index (χ0v) is 12.7. The molecule has 0 bridgehead atoms. The molecule has 0 saturated carbocycles. The number of nitrogens with zero attached hydrogens (tertiary/aromatic N) is 1. The van der Waals surface area contributed by atoms with Gasteiger partial charge in [0, 0.05) is 11.6 Å². The van der Waals surface area contributed by atoms with Gasteiger partial charge in [-0.05, 0) is 36.4 Å². The molecule has 6 heteroatoms. The maximum atomic E-state index is 12.2. The Morgan fingerprint density at radius 2 is 1.87 bits per heavy atom. The summed E-state index contributed by atoms with van der Waals surface area (Å²) < 4.78 is 10.4. The molecule has 0 radical (unpaired) electrons. The topological polar surface area (TPSA) is 78.7 Å². The van der Waals surface area contributed by atoms with E-state index in [4.69, 9.17) is 9.47 Å². The maximum absolute atomic E-state index is 12.2. The lowest BCUT2D eigenvalue weighted by atomic mass is 10.1. The molecule has 0 atom stereocenters. The number of para-hydroxylation sites is 1. The summed E-state index contributed by atoms with van der Waals surface area (Å²) in [5.74, 6) is 0.725. The SMILES string of the molecule is COc1ccc(OC)c(/C=C/C(=O)c2ccccc2[N+](=O)[O-])c1. The lowest BCUT2D eigenvalue weighted by Crippen LogP contribution is -2.00. The number of hydrogen-bond donors (Lipinski definition) is 0. The van der Waals surface area contributed by atoms with Crippen molar-refractivity contribution in [3.05, 3.63) is 69.8 Å². The van der Waals surface area contributed by atoms with E-state index in [1.54, 1.807) is 30.3 Å². The van der Waals surface area contributed by atoms with Gasteiger partial charge in [0.15, 0.2) is 5.78 Å². The van der Waals surface area contributed by atoms with E-state index in [1.165, 1.54) is 38.5 Å². The van der Waals surface area contributed by atoms with E-state index in [9.17, 15) is 14.9 Å². The Labute approximate surface area is 133 Å². The van der Waals surface area contributed by atoms with Crippen LogP contribution in [0.4, 0.5) is 5.69 Å². The van der Waals surface area contributed by atoms with E-state index >= 15 is 0 Å². The summed E-state index contributed by atoms with van der Waals surface area (Å²) in [4.78, 5) is 22.6. The number of ether oxygens (including phenoxy) is 2. The van der Waals surface area contributed by atoms with Crippen molar-refractivity contribution in [3.63, 3.8) is 0 Å². The Bertz CT molecular complexity index is 767. The van der Waals surface area contributed by atoms with E-state index in [-0.39, 0.29) is 11.3 Å². The van der Waals surface area contributed by atoms with E-state index < -0.39 is 10.7 Å². The number of methoxy groups -OCH3 is 2. The summed E-state index contributed by atoms with van der Waals surface area (Å²) in [6.45, 7) is 0. The second kappa shape index (κ2) is 7.22. The van der Waals surface area contributed by atoms with Crippen LogP contribution in [0.3, 0.4) is 0 Å². The quantitative estimate of drug-likeness (QED) is 0.353. The molecule has 0 spiro atoms. The highest BCUT2D eigenvalue weighted by molar-refractivity contribution is 6.09. The van der Waals surface area contributed by atoms with Gasteiger partial charge in [0.05, 0.1) is 24.7 Å². The van der Waals surface area contributed by atoms with Crippen LogP contribution in [0.1, 0.15) is 15.9 Å². The van der Waals surface area contributed by atoms with Crippen molar-refractivity contribution in [3.8, 4) is 11.5 Å². The Balaban J connectivity index is 2.34. The molecule has 0 unspecified atom stereocenters. The number of nitro groups is 1. The first-order chi connectivity index (χ1) is 11.1. The third-order valence-corrected chi connectivity index (χ3v) is 3.22. The van der Waals surface area contributed by atoms with Crippen molar-refractivity contribution >= 4 is 17.5 Å². The molecule has 0 aromatic heterocycles. The molecule has 2 rings (SSSR count). The molecule has 0 heterocycles. The number of carbonyl (C=O) groups is 1. The first-order valence-corrected chi connectivity index (χ1v) is 6.74. The van der Waals surface area contributed by atoms with Crippen LogP contribution in [0.25, 0.3) is 6.08 Å². The molecule has 2 aromatic carbocycles. The Kier molecular flexibility index (Phi) is 5.09. The van der Waals surface area contributed by atoms with Crippen LogP contribution in [0.5, 0.6) is 11.5 Å². The fourth-order valence-electron chi connectivity index (χ4n) is 2.07. The third-order valence-electron chi connectivity index (χ3n) is 3.22. The molecule has 6 nitrogen and oxygen atoms in total. The fourth-order valence-corrected chi connectivity index (χ4v) is 2.07. The average molecular weight is 313 g/mol. The number of carbonyl (C=O) groups excluding carboxylic acids is 1. The fraction of sp³-hybridized carbons (Fsp3) is 0.118. The highest BCUT2D eigenvalue weighted by atomic mass is 16.6. The van der Waals surface area contributed by atoms with Gasteiger partial charge < -0.3 is 9.47 Å². The second-order valence-electron chi connectivity index (χ2n) is 4.58. The highest BCUT2D eigenvalue weighted by Crippen LogP contribution is 2.26. The molecular weight excluding hydrogens is 298 g/mol. The van der Waals surface area contributed by atoms with Crippen LogP contribution in [-0.4, -0.2) is 24.9 Å². The summed E-state index contributed by atoms with van der Waals surface area (Å²) in [6.07, 6.45) is 2.82. The predicted molar refractivity (Wildman–Crippen MR) is 86.0 cm³/mol. The van der Waals surface area contributed by atoms with Gasteiger partial charge in [0.1, 0.15) is 11.5 Å². The molecule has 0 aliphatic carbocycles. The first-order valence-electron chi connectivity index (χ1n) is 6.74. The van der Waals surface area contributed by atoms with Crippen LogP contribution >= 0.6 is 0 Å². The van der Waals surface area contributed by atoms with Crippen molar-refractivity contribution in [2.75, 3.05) is 14.2 Å².